The maximum atomic E-state index is 11.6. The highest BCUT2D eigenvalue weighted by Gasteiger charge is 2.42. The quantitative estimate of drug-likeness (QED) is 0.394. The molecule has 1 rings (SSSR count). The lowest BCUT2D eigenvalue weighted by molar-refractivity contribution is -0.155. The minimum absolute atomic E-state index is 0.188. The molecule has 1 aliphatic rings. The summed E-state index contributed by atoms with van der Waals surface area (Å²) >= 11 is 0. The van der Waals surface area contributed by atoms with Gasteiger partial charge in [-0.2, -0.15) is 0 Å². The van der Waals surface area contributed by atoms with Crippen LogP contribution in [0.25, 0.3) is 0 Å². The molecule has 1 unspecified atom stereocenters. The van der Waals surface area contributed by atoms with Gasteiger partial charge in [0.15, 0.2) is 0 Å². The van der Waals surface area contributed by atoms with Crippen LogP contribution in [0.5, 0.6) is 0 Å². The Balaban J connectivity index is 2.52. The lowest BCUT2D eigenvalue weighted by Gasteiger charge is -2.24. The fourth-order valence-corrected chi connectivity index (χ4v) is 1.65. The summed E-state index contributed by atoms with van der Waals surface area (Å²) < 4.78 is 10.1. The van der Waals surface area contributed by atoms with Gasteiger partial charge in [0.25, 0.3) is 0 Å². The summed E-state index contributed by atoms with van der Waals surface area (Å²) in [5.41, 5.74) is -0.488. The SMILES string of the molecule is C=CCOCC1(C(=O)OC)CCNC1. The Hall–Kier alpha value is -0.870. The van der Waals surface area contributed by atoms with E-state index in [1.54, 1.807) is 6.08 Å². The zero-order valence-corrected chi connectivity index (χ0v) is 8.54. The molecule has 0 radical (unpaired) electrons. The molecule has 0 spiro atoms. The predicted molar refractivity (Wildman–Crippen MR) is 53.0 cm³/mol. The van der Waals surface area contributed by atoms with Crippen molar-refractivity contribution < 1.29 is 14.3 Å². The van der Waals surface area contributed by atoms with E-state index in [4.69, 9.17) is 9.47 Å². The Labute approximate surface area is 84.3 Å². The van der Waals surface area contributed by atoms with Crippen molar-refractivity contribution in [1.29, 1.82) is 0 Å². The summed E-state index contributed by atoms with van der Waals surface area (Å²) in [5, 5.41) is 3.15. The molecule has 80 valence electrons. The summed E-state index contributed by atoms with van der Waals surface area (Å²) in [6.45, 7) is 5.90. The van der Waals surface area contributed by atoms with Crippen molar-refractivity contribution in [3.8, 4) is 0 Å². The zero-order valence-electron chi connectivity index (χ0n) is 8.54. The van der Waals surface area contributed by atoms with Crippen molar-refractivity contribution in [2.75, 3.05) is 33.4 Å². The molecule has 1 aliphatic heterocycles. The highest BCUT2D eigenvalue weighted by atomic mass is 16.5. The van der Waals surface area contributed by atoms with E-state index in [1.165, 1.54) is 7.11 Å². The van der Waals surface area contributed by atoms with E-state index in [0.29, 0.717) is 19.8 Å². The van der Waals surface area contributed by atoms with Gasteiger partial charge in [-0.3, -0.25) is 4.79 Å². The number of esters is 1. The van der Waals surface area contributed by atoms with Crippen LogP contribution in [-0.2, 0) is 14.3 Å². The van der Waals surface area contributed by atoms with Gasteiger partial charge in [0, 0.05) is 6.54 Å². The average molecular weight is 199 g/mol. The standard InChI is InChI=1S/C10H17NO3/c1-3-6-14-8-10(9(12)13-2)4-5-11-7-10/h3,11H,1,4-8H2,2H3. The monoisotopic (exact) mass is 199 g/mol. The second-order valence-corrected chi connectivity index (χ2v) is 3.50. The van der Waals surface area contributed by atoms with Gasteiger partial charge in [0.1, 0.15) is 5.41 Å². The van der Waals surface area contributed by atoms with Gasteiger partial charge < -0.3 is 14.8 Å². The minimum atomic E-state index is -0.488. The molecule has 0 amide bonds. The first-order valence-corrected chi connectivity index (χ1v) is 4.73. The van der Waals surface area contributed by atoms with Crippen LogP contribution in [0.2, 0.25) is 0 Å². The van der Waals surface area contributed by atoms with Gasteiger partial charge in [0.05, 0.1) is 20.3 Å². The molecule has 4 nitrogen and oxygen atoms in total. The molecule has 1 heterocycles. The predicted octanol–water partition coefficient (Wildman–Crippen LogP) is 0.342. The molecule has 0 aromatic heterocycles. The van der Waals surface area contributed by atoms with Gasteiger partial charge in [-0.15, -0.1) is 6.58 Å². The Morgan fingerprint density at radius 1 is 1.71 bits per heavy atom. The molecule has 0 saturated carbocycles. The molecule has 1 atom stereocenters. The Kier molecular flexibility index (Phi) is 4.10. The number of carbonyl (C=O) groups is 1. The highest BCUT2D eigenvalue weighted by Crippen LogP contribution is 2.27. The van der Waals surface area contributed by atoms with E-state index in [2.05, 4.69) is 11.9 Å². The Morgan fingerprint density at radius 3 is 3.00 bits per heavy atom. The van der Waals surface area contributed by atoms with Crippen LogP contribution in [0.1, 0.15) is 6.42 Å². The third-order valence-electron chi connectivity index (χ3n) is 2.48. The largest absolute Gasteiger partial charge is 0.468 e. The third-order valence-corrected chi connectivity index (χ3v) is 2.48. The summed E-state index contributed by atoms with van der Waals surface area (Å²) in [4.78, 5) is 11.6. The smallest absolute Gasteiger partial charge is 0.315 e. The molecule has 0 aromatic rings. The van der Waals surface area contributed by atoms with E-state index in [9.17, 15) is 4.79 Å². The molecule has 0 bridgehead atoms. The molecule has 4 heteroatoms. The van der Waals surface area contributed by atoms with Crippen LogP contribution < -0.4 is 5.32 Å². The van der Waals surface area contributed by atoms with Crippen LogP contribution in [-0.4, -0.2) is 39.4 Å². The van der Waals surface area contributed by atoms with Crippen molar-refractivity contribution in [3.05, 3.63) is 12.7 Å². The number of rotatable bonds is 5. The maximum Gasteiger partial charge on any atom is 0.315 e. The van der Waals surface area contributed by atoms with Crippen LogP contribution in [0.4, 0.5) is 0 Å². The molecule has 1 N–H and O–H groups in total. The lowest BCUT2D eigenvalue weighted by Crippen LogP contribution is -2.39. The summed E-state index contributed by atoms with van der Waals surface area (Å²) in [6, 6.07) is 0. The van der Waals surface area contributed by atoms with E-state index in [-0.39, 0.29) is 5.97 Å². The lowest BCUT2D eigenvalue weighted by atomic mass is 9.88. The van der Waals surface area contributed by atoms with Crippen molar-refractivity contribution in [2.45, 2.75) is 6.42 Å². The number of methoxy groups -OCH3 is 1. The molecular weight excluding hydrogens is 182 g/mol. The van der Waals surface area contributed by atoms with Gasteiger partial charge in [0.2, 0.25) is 0 Å². The average Bonchev–Trinajstić information content (AvgIpc) is 2.67. The minimum Gasteiger partial charge on any atom is -0.468 e. The Bertz CT molecular complexity index is 209. The molecule has 1 saturated heterocycles. The fourth-order valence-electron chi connectivity index (χ4n) is 1.65. The topological polar surface area (TPSA) is 47.6 Å². The van der Waals surface area contributed by atoms with E-state index >= 15 is 0 Å². The summed E-state index contributed by atoms with van der Waals surface area (Å²) in [6.07, 6.45) is 2.45. The van der Waals surface area contributed by atoms with E-state index in [1.807, 2.05) is 0 Å². The molecule has 1 fully saturated rings. The number of nitrogens with one attached hydrogen (secondary N) is 1. The number of hydrogen-bond donors (Lipinski definition) is 1. The fraction of sp³-hybridized carbons (Fsp3) is 0.700. The van der Waals surface area contributed by atoms with Crippen LogP contribution >= 0.6 is 0 Å². The van der Waals surface area contributed by atoms with Crippen molar-refractivity contribution in [1.82, 2.24) is 5.32 Å². The summed E-state index contributed by atoms with van der Waals surface area (Å²) in [7, 11) is 1.41. The molecule has 0 aliphatic carbocycles. The first kappa shape index (κ1) is 11.2. The first-order valence-electron chi connectivity index (χ1n) is 4.73. The molecule has 14 heavy (non-hydrogen) atoms. The van der Waals surface area contributed by atoms with Crippen LogP contribution in [0.15, 0.2) is 12.7 Å². The van der Waals surface area contributed by atoms with Gasteiger partial charge in [-0.1, -0.05) is 6.08 Å². The highest BCUT2D eigenvalue weighted by molar-refractivity contribution is 5.77. The number of ether oxygens (including phenoxy) is 2. The van der Waals surface area contributed by atoms with E-state index < -0.39 is 5.41 Å². The van der Waals surface area contributed by atoms with Crippen molar-refractivity contribution >= 4 is 5.97 Å². The normalized spacial score (nSPS) is 26.1. The van der Waals surface area contributed by atoms with Crippen molar-refractivity contribution in [3.63, 3.8) is 0 Å². The molecule has 0 aromatic carbocycles. The molecular formula is C10H17NO3. The van der Waals surface area contributed by atoms with Crippen LogP contribution in [0.3, 0.4) is 0 Å². The second kappa shape index (κ2) is 5.12. The van der Waals surface area contributed by atoms with Gasteiger partial charge in [-0.05, 0) is 13.0 Å². The van der Waals surface area contributed by atoms with Gasteiger partial charge in [-0.25, -0.2) is 0 Å². The Morgan fingerprint density at radius 2 is 2.50 bits per heavy atom. The number of hydrogen-bond acceptors (Lipinski definition) is 4. The first-order chi connectivity index (χ1) is 6.75. The van der Waals surface area contributed by atoms with E-state index in [0.717, 1.165) is 13.0 Å². The second-order valence-electron chi connectivity index (χ2n) is 3.50. The zero-order chi connectivity index (χ0) is 10.4. The third kappa shape index (κ3) is 2.33. The maximum absolute atomic E-state index is 11.6. The number of carbonyl (C=O) groups excluding carboxylic acids is 1. The van der Waals surface area contributed by atoms with Crippen molar-refractivity contribution in [2.24, 2.45) is 5.41 Å². The van der Waals surface area contributed by atoms with Crippen LogP contribution in [0, 0.1) is 5.41 Å². The van der Waals surface area contributed by atoms with Gasteiger partial charge >= 0.3 is 5.97 Å². The summed E-state index contributed by atoms with van der Waals surface area (Å²) in [5.74, 6) is -0.188.